The van der Waals surface area contributed by atoms with Gasteiger partial charge in [0.15, 0.2) is 0 Å². The van der Waals surface area contributed by atoms with Crippen LogP contribution in [-0.4, -0.2) is 45.1 Å². The Morgan fingerprint density at radius 1 is 1.29 bits per heavy atom. The van der Waals surface area contributed by atoms with E-state index in [-0.39, 0.29) is 17.9 Å². The van der Waals surface area contributed by atoms with E-state index in [1.165, 1.54) is 6.20 Å². The lowest BCUT2D eigenvalue weighted by Gasteiger charge is -2.27. The Morgan fingerprint density at radius 3 is 3.00 bits per heavy atom. The highest BCUT2D eigenvalue weighted by molar-refractivity contribution is 6.10. The van der Waals surface area contributed by atoms with Crippen LogP contribution in [0.1, 0.15) is 29.1 Å². The van der Waals surface area contributed by atoms with E-state index < -0.39 is 0 Å². The fourth-order valence-electron chi connectivity index (χ4n) is 3.95. The van der Waals surface area contributed by atoms with Crippen LogP contribution in [-0.2, 0) is 0 Å². The molecule has 0 radical (unpaired) electrons. The average Bonchev–Trinajstić information content (AvgIpc) is 3.32. The van der Waals surface area contributed by atoms with E-state index in [2.05, 4.69) is 25.0 Å². The lowest BCUT2D eigenvalue weighted by molar-refractivity contribution is 0.0988. The highest BCUT2D eigenvalue weighted by Crippen LogP contribution is 2.34. The molecule has 1 fully saturated rings. The number of amides is 1. The number of benzene rings is 1. The number of nitrogen functional groups attached to an aromatic ring is 1. The molecule has 142 valence electrons. The SMILES string of the molecule is Cc1nc(-c2cccc(N3CC4CCCN4c4nc(N)ncc4C3=O)c2)no1. The Balaban J connectivity index is 1.59. The Bertz CT molecular complexity index is 1060. The number of rotatable bonds is 2. The summed E-state index contributed by atoms with van der Waals surface area (Å²) >= 11 is 0. The molecule has 1 amide bonds. The summed E-state index contributed by atoms with van der Waals surface area (Å²) in [6.07, 6.45) is 3.58. The average molecular weight is 377 g/mol. The first-order chi connectivity index (χ1) is 13.6. The molecular formula is C19H19N7O2. The quantitative estimate of drug-likeness (QED) is 0.722. The van der Waals surface area contributed by atoms with Crippen LogP contribution in [0.4, 0.5) is 17.5 Å². The number of aryl methyl sites for hydroxylation is 1. The topological polar surface area (TPSA) is 114 Å². The van der Waals surface area contributed by atoms with Gasteiger partial charge < -0.3 is 20.1 Å². The van der Waals surface area contributed by atoms with Crippen LogP contribution in [0.3, 0.4) is 0 Å². The van der Waals surface area contributed by atoms with E-state index in [1.807, 2.05) is 24.3 Å². The third-order valence-corrected chi connectivity index (χ3v) is 5.25. The molecule has 5 rings (SSSR count). The zero-order valence-electron chi connectivity index (χ0n) is 15.4. The van der Waals surface area contributed by atoms with Crippen molar-refractivity contribution in [2.45, 2.75) is 25.8 Å². The number of carbonyl (C=O) groups excluding carboxylic acids is 1. The summed E-state index contributed by atoms with van der Waals surface area (Å²) in [5.74, 6) is 1.68. The highest BCUT2D eigenvalue weighted by Gasteiger charge is 2.37. The van der Waals surface area contributed by atoms with Crippen LogP contribution in [0.25, 0.3) is 11.4 Å². The zero-order valence-corrected chi connectivity index (χ0v) is 15.4. The van der Waals surface area contributed by atoms with Gasteiger partial charge in [0.1, 0.15) is 11.4 Å². The Labute approximate surface area is 161 Å². The molecular weight excluding hydrogens is 358 g/mol. The summed E-state index contributed by atoms with van der Waals surface area (Å²) in [5.41, 5.74) is 7.84. The predicted molar refractivity (Wildman–Crippen MR) is 103 cm³/mol. The van der Waals surface area contributed by atoms with Gasteiger partial charge in [-0.25, -0.2) is 4.98 Å². The Kier molecular flexibility index (Phi) is 3.75. The molecule has 0 spiro atoms. The van der Waals surface area contributed by atoms with Crippen LogP contribution in [0.5, 0.6) is 0 Å². The maximum atomic E-state index is 13.4. The molecule has 2 aliphatic heterocycles. The van der Waals surface area contributed by atoms with Crippen molar-refractivity contribution in [1.82, 2.24) is 20.1 Å². The minimum absolute atomic E-state index is 0.133. The summed E-state index contributed by atoms with van der Waals surface area (Å²) in [6.45, 7) is 3.18. The molecule has 0 bridgehead atoms. The molecule has 28 heavy (non-hydrogen) atoms. The summed E-state index contributed by atoms with van der Waals surface area (Å²) in [4.78, 5) is 30.0. The van der Waals surface area contributed by atoms with Gasteiger partial charge in [-0.2, -0.15) is 9.97 Å². The minimum Gasteiger partial charge on any atom is -0.368 e. The van der Waals surface area contributed by atoms with E-state index in [9.17, 15) is 4.79 Å². The molecule has 1 saturated heterocycles. The van der Waals surface area contributed by atoms with Crippen molar-refractivity contribution in [3.05, 3.63) is 41.9 Å². The van der Waals surface area contributed by atoms with Crippen LogP contribution in [0.15, 0.2) is 35.0 Å². The van der Waals surface area contributed by atoms with E-state index >= 15 is 0 Å². The lowest BCUT2D eigenvalue weighted by Crippen LogP contribution is -2.39. The number of hydrogen-bond donors (Lipinski definition) is 1. The number of hydrogen-bond acceptors (Lipinski definition) is 8. The molecule has 0 saturated carbocycles. The smallest absolute Gasteiger partial charge is 0.263 e. The lowest BCUT2D eigenvalue weighted by atomic mass is 10.1. The second-order valence-electron chi connectivity index (χ2n) is 7.06. The normalized spacial score (nSPS) is 18.8. The second kappa shape index (κ2) is 6.29. The van der Waals surface area contributed by atoms with Gasteiger partial charge in [-0.05, 0) is 25.0 Å². The molecule has 1 unspecified atom stereocenters. The fraction of sp³-hybridized carbons (Fsp3) is 0.316. The van der Waals surface area contributed by atoms with Gasteiger partial charge in [0.05, 0.1) is 0 Å². The summed E-state index contributed by atoms with van der Waals surface area (Å²) in [7, 11) is 0. The molecule has 4 heterocycles. The van der Waals surface area contributed by atoms with E-state index in [1.54, 1.807) is 11.8 Å². The monoisotopic (exact) mass is 377 g/mol. The second-order valence-corrected chi connectivity index (χ2v) is 7.06. The largest absolute Gasteiger partial charge is 0.368 e. The van der Waals surface area contributed by atoms with E-state index in [0.717, 1.165) is 30.6 Å². The molecule has 2 aromatic heterocycles. The summed E-state index contributed by atoms with van der Waals surface area (Å²) in [6, 6.07) is 7.80. The Morgan fingerprint density at radius 2 is 2.18 bits per heavy atom. The number of aromatic nitrogens is 4. The number of carbonyl (C=O) groups is 1. The fourth-order valence-corrected chi connectivity index (χ4v) is 3.95. The first-order valence-corrected chi connectivity index (χ1v) is 9.22. The van der Waals surface area contributed by atoms with Gasteiger partial charge in [0, 0.05) is 43.5 Å². The van der Waals surface area contributed by atoms with E-state index in [0.29, 0.717) is 29.6 Å². The third kappa shape index (κ3) is 2.67. The molecule has 0 aliphatic carbocycles. The molecule has 9 heteroatoms. The zero-order chi connectivity index (χ0) is 19.3. The van der Waals surface area contributed by atoms with Gasteiger partial charge >= 0.3 is 0 Å². The molecule has 1 atom stereocenters. The van der Waals surface area contributed by atoms with Crippen molar-refractivity contribution in [3.8, 4) is 11.4 Å². The molecule has 2 aliphatic rings. The summed E-state index contributed by atoms with van der Waals surface area (Å²) < 4.78 is 5.08. The van der Waals surface area contributed by atoms with Crippen LogP contribution in [0, 0.1) is 6.92 Å². The molecule has 2 N–H and O–H groups in total. The van der Waals surface area contributed by atoms with Gasteiger partial charge in [0.2, 0.25) is 17.7 Å². The highest BCUT2D eigenvalue weighted by atomic mass is 16.5. The number of nitrogens with zero attached hydrogens (tertiary/aromatic N) is 6. The van der Waals surface area contributed by atoms with Crippen molar-refractivity contribution in [1.29, 1.82) is 0 Å². The van der Waals surface area contributed by atoms with Gasteiger partial charge in [-0.15, -0.1) is 0 Å². The predicted octanol–water partition coefficient (Wildman–Crippen LogP) is 2.05. The molecule has 3 aromatic rings. The molecule has 1 aromatic carbocycles. The maximum absolute atomic E-state index is 13.4. The first-order valence-electron chi connectivity index (χ1n) is 9.22. The van der Waals surface area contributed by atoms with Gasteiger partial charge in [0.25, 0.3) is 5.91 Å². The van der Waals surface area contributed by atoms with Gasteiger partial charge in [-0.1, -0.05) is 17.3 Å². The van der Waals surface area contributed by atoms with Crippen LogP contribution >= 0.6 is 0 Å². The number of fused-ring (bicyclic) bond motifs is 3. The minimum atomic E-state index is -0.133. The molecule has 9 nitrogen and oxygen atoms in total. The van der Waals surface area contributed by atoms with Crippen molar-refractivity contribution in [2.24, 2.45) is 0 Å². The van der Waals surface area contributed by atoms with Crippen LogP contribution in [0.2, 0.25) is 0 Å². The summed E-state index contributed by atoms with van der Waals surface area (Å²) in [5, 5.41) is 3.98. The first kappa shape index (κ1) is 16.7. The van der Waals surface area contributed by atoms with Crippen molar-refractivity contribution < 1.29 is 9.32 Å². The van der Waals surface area contributed by atoms with Gasteiger partial charge in [-0.3, -0.25) is 4.79 Å². The number of anilines is 3. The van der Waals surface area contributed by atoms with Crippen molar-refractivity contribution in [3.63, 3.8) is 0 Å². The third-order valence-electron chi connectivity index (χ3n) is 5.25. The maximum Gasteiger partial charge on any atom is 0.263 e. The standard InChI is InChI=1S/C19H19N7O2/c1-11-22-16(24-28-11)12-4-2-5-13(8-12)26-10-14-6-3-7-25(14)17-15(18(26)27)9-21-19(20)23-17/h2,4-5,8-9,14H,3,6-7,10H2,1H3,(H2,20,21,23). The van der Waals surface area contributed by atoms with Crippen molar-refractivity contribution in [2.75, 3.05) is 28.6 Å². The van der Waals surface area contributed by atoms with Crippen LogP contribution < -0.4 is 15.5 Å². The van der Waals surface area contributed by atoms with E-state index in [4.69, 9.17) is 10.3 Å². The van der Waals surface area contributed by atoms with Crippen molar-refractivity contribution >= 4 is 23.4 Å². The Hall–Kier alpha value is -3.49. The number of nitrogens with two attached hydrogens (primary N) is 1.